The van der Waals surface area contributed by atoms with Crippen LogP contribution in [0.15, 0.2) is 28.6 Å². The summed E-state index contributed by atoms with van der Waals surface area (Å²) in [6, 6.07) is 7.35. The Morgan fingerprint density at radius 2 is 2.00 bits per heavy atom. The van der Waals surface area contributed by atoms with Gasteiger partial charge in [-0.25, -0.2) is 0 Å². The minimum Gasteiger partial charge on any atom is -0.360 e. The molecule has 0 aliphatic heterocycles. The van der Waals surface area contributed by atoms with Crippen LogP contribution in [0, 0.1) is 0 Å². The highest BCUT2D eigenvalue weighted by Gasteiger charge is 2.20. The molecule has 0 radical (unpaired) electrons. The lowest BCUT2D eigenvalue weighted by atomic mass is 10.1. The van der Waals surface area contributed by atoms with Gasteiger partial charge < -0.3 is 16.0 Å². The van der Waals surface area contributed by atoms with E-state index in [-0.39, 0.29) is 23.6 Å². The van der Waals surface area contributed by atoms with Crippen LogP contribution < -0.4 is 16.0 Å². The first-order valence-corrected chi connectivity index (χ1v) is 11.4. The number of carbonyl (C=O) groups excluding carboxylic acids is 2. The number of nitrogens with zero attached hydrogens (tertiary/aromatic N) is 2. The maximum absolute atomic E-state index is 12.6. The molecule has 1 aromatic carbocycles. The fourth-order valence-electron chi connectivity index (χ4n) is 3.01. The number of aromatic nitrogens is 2. The number of benzene rings is 1. The van der Waals surface area contributed by atoms with Gasteiger partial charge in [-0.15, -0.1) is 10.2 Å². The van der Waals surface area contributed by atoms with Crippen LogP contribution in [0.5, 0.6) is 0 Å². The molecular formula is C19H25N5O2S2. The smallest absolute Gasteiger partial charge is 0.253 e. The summed E-state index contributed by atoms with van der Waals surface area (Å²) in [5, 5.41) is 18.0. The van der Waals surface area contributed by atoms with Crippen LogP contribution in [0.4, 0.5) is 10.8 Å². The molecule has 3 N–H and O–H groups in total. The van der Waals surface area contributed by atoms with E-state index >= 15 is 0 Å². The lowest BCUT2D eigenvalue weighted by Crippen LogP contribution is -2.33. The van der Waals surface area contributed by atoms with Crippen LogP contribution in [-0.2, 0) is 4.79 Å². The van der Waals surface area contributed by atoms with Crippen molar-refractivity contribution in [2.24, 2.45) is 0 Å². The summed E-state index contributed by atoms with van der Waals surface area (Å²) in [5.74, 6) is -0.100. The topological polar surface area (TPSA) is 96.0 Å². The quantitative estimate of drug-likeness (QED) is 0.536. The van der Waals surface area contributed by atoms with Crippen LogP contribution in [0.3, 0.4) is 0 Å². The zero-order chi connectivity index (χ0) is 19.8. The predicted molar refractivity (Wildman–Crippen MR) is 114 cm³/mol. The van der Waals surface area contributed by atoms with Gasteiger partial charge in [0.15, 0.2) is 4.34 Å². The molecule has 2 amide bonds. The van der Waals surface area contributed by atoms with Gasteiger partial charge in [0.2, 0.25) is 11.0 Å². The van der Waals surface area contributed by atoms with Crippen molar-refractivity contribution in [2.75, 3.05) is 22.9 Å². The Morgan fingerprint density at radius 3 is 2.79 bits per heavy atom. The third-order valence-corrected chi connectivity index (χ3v) is 6.41. The summed E-state index contributed by atoms with van der Waals surface area (Å²) in [4.78, 5) is 24.9. The predicted octanol–water partition coefficient (Wildman–Crippen LogP) is 3.76. The number of para-hydroxylation sites is 1. The highest BCUT2D eigenvalue weighted by molar-refractivity contribution is 8.01. The molecule has 1 aliphatic rings. The maximum Gasteiger partial charge on any atom is 0.253 e. The molecule has 0 saturated heterocycles. The van der Waals surface area contributed by atoms with E-state index in [1.165, 1.54) is 23.1 Å². The Bertz CT molecular complexity index is 805. The molecule has 3 rings (SSSR count). The second kappa shape index (κ2) is 10.4. The molecule has 9 heteroatoms. The maximum atomic E-state index is 12.6. The Hall–Kier alpha value is -2.13. The number of nitrogens with one attached hydrogen (secondary N) is 3. The van der Waals surface area contributed by atoms with Crippen molar-refractivity contribution in [3.63, 3.8) is 0 Å². The SMILES string of the molecule is CCCNc1nnc(SCC(=O)Nc2ccccc2C(=O)NC2CCCC2)s1. The largest absolute Gasteiger partial charge is 0.360 e. The second-order valence-electron chi connectivity index (χ2n) is 6.64. The first-order valence-electron chi connectivity index (χ1n) is 9.55. The van der Waals surface area contributed by atoms with Gasteiger partial charge in [0, 0.05) is 12.6 Å². The molecule has 7 nitrogen and oxygen atoms in total. The number of rotatable bonds is 9. The lowest BCUT2D eigenvalue weighted by molar-refractivity contribution is -0.113. The molecule has 2 aromatic rings. The zero-order valence-electron chi connectivity index (χ0n) is 15.9. The minimum absolute atomic E-state index is 0.133. The first-order chi connectivity index (χ1) is 13.7. The molecule has 150 valence electrons. The molecule has 0 spiro atoms. The van der Waals surface area contributed by atoms with E-state index in [1.807, 2.05) is 6.07 Å². The van der Waals surface area contributed by atoms with E-state index in [0.717, 1.165) is 48.1 Å². The Balaban J connectivity index is 1.53. The van der Waals surface area contributed by atoms with Gasteiger partial charge in [-0.05, 0) is 31.4 Å². The molecule has 1 aliphatic carbocycles. The minimum atomic E-state index is -0.176. The second-order valence-corrected chi connectivity index (χ2v) is 8.84. The molecule has 1 fully saturated rings. The standard InChI is InChI=1S/C19H25N5O2S2/c1-2-11-20-18-23-24-19(28-18)27-12-16(25)22-15-10-6-5-9-14(15)17(26)21-13-7-3-4-8-13/h5-6,9-10,13H,2-4,7-8,11-12H2,1H3,(H,20,23)(H,21,26)(H,22,25). The number of hydrogen-bond donors (Lipinski definition) is 3. The highest BCUT2D eigenvalue weighted by atomic mass is 32.2. The Morgan fingerprint density at radius 1 is 1.21 bits per heavy atom. The molecule has 0 atom stereocenters. The van der Waals surface area contributed by atoms with Crippen LogP contribution >= 0.6 is 23.1 Å². The highest BCUT2D eigenvalue weighted by Crippen LogP contribution is 2.26. The van der Waals surface area contributed by atoms with Crippen molar-refractivity contribution in [1.29, 1.82) is 0 Å². The fourth-order valence-corrected chi connectivity index (χ4v) is 4.59. The summed E-state index contributed by atoms with van der Waals surface area (Å²) in [6.45, 7) is 2.93. The van der Waals surface area contributed by atoms with Crippen LogP contribution in [0.25, 0.3) is 0 Å². The van der Waals surface area contributed by atoms with E-state index in [4.69, 9.17) is 0 Å². The van der Waals surface area contributed by atoms with Crippen molar-refractivity contribution in [3.05, 3.63) is 29.8 Å². The Kier molecular flexibility index (Phi) is 7.67. The van der Waals surface area contributed by atoms with E-state index in [2.05, 4.69) is 33.1 Å². The lowest BCUT2D eigenvalue weighted by Gasteiger charge is -2.14. The van der Waals surface area contributed by atoms with Crippen LogP contribution in [0.2, 0.25) is 0 Å². The van der Waals surface area contributed by atoms with Gasteiger partial charge in [-0.3, -0.25) is 9.59 Å². The number of thioether (sulfide) groups is 1. The molecular weight excluding hydrogens is 394 g/mol. The van der Waals surface area contributed by atoms with E-state index in [9.17, 15) is 9.59 Å². The molecule has 0 unspecified atom stereocenters. The van der Waals surface area contributed by atoms with Gasteiger partial charge >= 0.3 is 0 Å². The summed E-state index contributed by atoms with van der Waals surface area (Å²) < 4.78 is 0.737. The molecule has 1 heterocycles. The zero-order valence-corrected chi connectivity index (χ0v) is 17.5. The first kappa shape index (κ1) is 20.6. The number of amides is 2. The van der Waals surface area contributed by atoms with Gasteiger partial charge in [-0.1, -0.05) is 55.0 Å². The normalized spacial score (nSPS) is 14.0. The third kappa shape index (κ3) is 5.93. The average molecular weight is 420 g/mol. The van der Waals surface area contributed by atoms with Gasteiger partial charge in [-0.2, -0.15) is 0 Å². The molecule has 1 saturated carbocycles. The van der Waals surface area contributed by atoms with Gasteiger partial charge in [0.25, 0.3) is 5.91 Å². The van der Waals surface area contributed by atoms with Crippen molar-refractivity contribution < 1.29 is 9.59 Å². The summed E-state index contributed by atoms with van der Waals surface area (Å²) >= 11 is 2.77. The Labute approximate surface area is 173 Å². The van der Waals surface area contributed by atoms with Crippen molar-refractivity contribution in [1.82, 2.24) is 15.5 Å². The van der Waals surface area contributed by atoms with Crippen molar-refractivity contribution >= 4 is 45.7 Å². The monoisotopic (exact) mass is 419 g/mol. The van der Waals surface area contributed by atoms with Gasteiger partial charge in [0.05, 0.1) is 17.0 Å². The number of anilines is 2. The third-order valence-electron chi connectivity index (χ3n) is 4.40. The van der Waals surface area contributed by atoms with E-state index in [0.29, 0.717) is 11.3 Å². The average Bonchev–Trinajstić information content (AvgIpc) is 3.37. The van der Waals surface area contributed by atoms with Crippen molar-refractivity contribution in [2.45, 2.75) is 49.4 Å². The molecule has 0 bridgehead atoms. The fraction of sp³-hybridized carbons (Fsp3) is 0.474. The van der Waals surface area contributed by atoms with Crippen molar-refractivity contribution in [3.8, 4) is 0 Å². The molecule has 1 aromatic heterocycles. The van der Waals surface area contributed by atoms with E-state index < -0.39 is 0 Å². The number of carbonyl (C=O) groups is 2. The summed E-state index contributed by atoms with van der Waals surface area (Å²) in [5.41, 5.74) is 1.03. The van der Waals surface area contributed by atoms with Crippen LogP contribution in [0.1, 0.15) is 49.4 Å². The summed E-state index contributed by atoms with van der Waals surface area (Å²) in [7, 11) is 0. The van der Waals surface area contributed by atoms with Crippen LogP contribution in [-0.4, -0.2) is 40.4 Å². The van der Waals surface area contributed by atoms with Gasteiger partial charge in [0.1, 0.15) is 0 Å². The molecule has 28 heavy (non-hydrogen) atoms. The number of hydrogen-bond acceptors (Lipinski definition) is 7. The summed E-state index contributed by atoms with van der Waals surface area (Å²) in [6.07, 6.45) is 5.36. The van der Waals surface area contributed by atoms with E-state index in [1.54, 1.807) is 18.2 Å².